The van der Waals surface area contributed by atoms with Crippen LogP contribution in [-0.4, -0.2) is 49.0 Å². The Morgan fingerprint density at radius 3 is 2.33 bits per heavy atom. The van der Waals surface area contributed by atoms with Crippen molar-refractivity contribution in [2.75, 3.05) is 20.3 Å². The summed E-state index contributed by atoms with van der Waals surface area (Å²) in [6.45, 7) is 3.78. The molecular weight excluding hydrogens is 420 g/mol. The van der Waals surface area contributed by atoms with Crippen LogP contribution < -0.4 is 15.4 Å². The number of hydrogen-bond donors (Lipinski definition) is 3. The van der Waals surface area contributed by atoms with Gasteiger partial charge in [0.2, 0.25) is 0 Å². The summed E-state index contributed by atoms with van der Waals surface area (Å²) in [6.07, 6.45) is 2.19. The molecule has 2 amide bonds. The second-order valence-electron chi connectivity index (χ2n) is 9.30. The topological polar surface area (TPSA) is 96.9 Å². The van der Waals surface area contributed by atoms with Crippen LogP contribution in [0.1, 0.15) is 55.5 Å². The fourth-order valence-electron chi connectivity index (χ4n) is 4.29. The Kier molecular flexibility index (Phi) is 7.97. The normalized spacial score (nSPS) is 20.5. The second kappa shape index (κ2) is 10.7. The fraction of sp³-hybridized carbons (Fsp3) is 0.462. The largest absolute Gasteiger partial charge is 0.496 e. The molecule has 0 saturated heterocycles. The molecule has 7 nitrogen and oxygen atoms in total. The van der Waals surface area contributed by atoms with E-state index in [9.17, 15) is 14.7 Å². The van der Waals surface area contributed by atoms with Crippen LogP contribution in [0.3, 0.4) is 0 Å². The average molecular weight is 455 g/mol. The van der Waals surface area contributed by atoms with Crippen molar-refractivity contribution in [2.24, 2.45) is 0 Å². The van der Waals surface area contributed by atoms with Gasteiger partial charge in [-0.25, -0.2) is 4.79 Å². The van der Waals surface area contributed by atoms with E-state index in [1.807, 2.05) is 30.3 Å². The van der Waals surface area contributed by atoms with Gasteiger partial charge in [-0.15, -0.1) is 0 Å². The molecule has 2 aromatic rings. The summed E-state index contributed by atoms with van der Waals surface area (Å²) in [5.41, 5.74) is 0.681. The molecule has 1 fully saturated rings. The van der Waals surface area contributed by atoms with Crippen LogP contribution >= 0.6 is 0 Å². The number of methoxy groups -OCH3 is 1. The number of rotatable bonds is 8. The van der Waals surface area contributed by atoms with Gasteiger partial charge in [-0.05, 0) is 57.2 Å². The van der Waals surface area contributed by atoms with Crippen LogP contribution in [0.2, 0.25) is 0 Å². The lowest BCUT2D eigenvalue weighted by molar-refractivity contribution is 0.0483. The monoisotopic (exact) mass is 454 g/mol. The number of carbonyl (C=O) groups is 2. The van der Waals surface area contributed by atoms with Gasteiger partial charge in [-0.2, -0.15) is 0 Å². The van der Waals surface area contributed by atoms with Crippen LogP contribution in [0.4, 0.5) is 4.79 Å². The highest BCUT2D eigenvalue weighted by atomic mass is 16.6. The number of aliphatic hydroxyl groups excluding tert-OH is 1. The molecule has 0 aromatic heterocycles. The van der Waals surface area contributed by atoms with Gasteiger partial charge in [0.1, 0.15) is 11.9 Å². The van der Waals surface area contributed by atoms with Crippen LogP contribution in [0.25, 0.3) is 0 Å². The van der Waals surface area contributed by atoms with Gasteiger partial charge in [0.25, 0.3) is 5.91 Å². The summed E-state index contributed by atoms with van der Waals surface area (Å²) < 4.78 is 10.9. The summed E-state index contributed by atoms with van der Waals surface area (Å²) in [4.78, 5) is 25.2. The highest BCUT2D eigenvalue weighted by Gasteiger charge is 2.38. The van der Waals surface area contributed by atoms with Gasteiger partial charge in [0.15, 0.2) is 0 Å². The maximum absolute atomic E-state index is 12.9. The molecule has 0 heterocycles. The molecule has 1 aliphatic carbocycles. The summed E-state index contributed by atoms with van der Waals surface area (Å²) in [5.74, 6) is 0.365. The third kappa shape index (κ3) is 6.26. The molecule has 1 saturated carbocycles. The van der Waals surface area contributed by atoms with Crippen molar-refractivity contribution in [2.45, 2.75) is 56.6 Å². The highest BCUT2D eigenvalue weighted by molar-refractivity contribution is 5.97. The molecular formula is C26H34N2O5. The number of ether oxygens (including phenoxy) is 2. The Morgan fingerprint density at radius 2 is 1.70 bits per heavy atom. The predicted molar refractivity (Wildman–Crippen MR) is 126 cm³/mol. The van der Waals surface area contributed by atoms with Crippen molar-refractivity contribution >= 4 is 12.0 Å². The number of carbonyl (C=O) groups excluding carboxylic acids is 2. The van der Waals surface area contributed by atoms with Gasteiger partial charge < -0.3 is 25.2 Å². The Bertz CT molecular complexity index is 937. The number of alkyl carbamates (subject to hydrolysis) is 1. The summed E-state index contributed by atoms with van der Waals surface area (Å²) in [6, 6.07) is 17.3. The second-order valence-corrected chi connectivity index (χ2v) is 9.30. The first-order valence-electron chi connectivity index (χ1n) is 11.3. The quantitative estimate of drug-likeness (QED) is 0.564. The maximum atomic E-state index is 12.9. The number of hydrogen-bond acceptors (Lipinski definition) is 5. The van der Waals surface area contributed by atoms with E-state index in [2.05, 4.69) is 22.8 Å². The van der Waals surface area contributed by atoms with Gasteiger partial charge in [-0.3, -0.25) is 4.79 Å². The number of amides is 2. The Balaban J connectivity index is 1.68. The number of nitrogens with one attached hydrogen (secondary N) is 2. The Morgan fingerprint density at radius 1 is 1.06 bits per heavy atom. The van der Waals surface area contributed by atoms with E-state index in [0.717, 1.165) is 18.4 Å². The van der Waals surface area contributed by atoms with Crippen LogP contribution in [0.5, 0.6) is 5.75 Å². The lowest BCUT2D eigenvalue weighted by Crippen LogP contribution is -2.48. The average Bonchev–Trinajstić information content (AvgIpc) is 2.83. The minimum atomic E-state index is -0.734. The minimum Gasteiger partial charge on any atom is -0.496 e. The molecule has 33 heavy (non-hydrogen) atoms. The van der Waals surface area contributed by atoms with E-state index in [1.54, 1.807) is 33.1 Å². The summed E-state index contributed by atoms with van der Waals surface area (Å²) >= 11 is 0. The van der Waals surface area contributed by atoms with E-state index in [1.165, 1.54) is 0 Å². The van der Waals surface area contributed by atoms with Crippen molar-refractivity contribution in [1.82, 2.24) is 10.6 Å². The Labute approximate surface area is 195 Å². The van der Waals surface area contributed by atoms with E-state index in [4.69, 9.17) is 9.47 Å². The highest BCUT2D eigenvalue weighted by Crippen LogP contribution is 2.40. The fourth-order valence-corrected chi connectivity index (χ4v) is 4.29. The molecule has 1 aliphatic rings. The molecule has 0 unspecified atom stereocenters. The molecule has 3 rings (SSSR count). The molecule has 0 aliphatic heterocycles. The predicted octanol–water partition coefficient (Wildman–Crippen LogP) is 3.80. The zero-order valence-electron chi connectivity index (χ0n) is 19.6. The molecule has 0 bridgehead atoms. The van der Waals surface area contributed by atoms with Gasteiger partial charge in [-0.1, -0.05) is 42.5 Å². The molecule has 0 atom stereocenters. The van der Waals surface area contributed by atoms with E-state index >= 15 is 0 Å². The van der Waals surface area contributed by atoms with E-state index in [0.29, 0.717) is 30.7 Å². The third-order valence-corrected chi connectivity index (χ3v) is 6.32. The summed E-state index contributed by atoms with van der Waals surface area (Å²) in [7, 11) is 1.55. The number of para-hydroxylation sites is 1. The molecule has 178 valence electrons. The molecule has 0 radical (unpaired) electrons. The number of aliphatic hydroxyl groups is 1. The van der Waals surface area contributed by atoms with Crippen LogP contribution in [0.15, 0.2) is 54.6 Å². The SMILES string of the molecule is COc1ccccc1C(=O)NCC1(c2ccccc2)CCC(OC(=O)NC(C)(C)CO)CC1. The standard InChI is InChI=1S/C26H34N2O5/c1-25(2,18-29)28-24(31)33-20-13-15-26(16-14-20,19-9-5-4-6-10-19)17-27-23(30)21-11-7-8-12-22(21)32-3/h4-12,20,29H,13-18H2,1-3H3,(H,27,30)(H,28,31). The van der Waals surface area contributed by atoms with Crippen molar-refractivity contribution in [3.63, 3.8) is 0 Å². The van der Waals surface area contributed by atoms with Crippen molar-refractivity contribution < 1.29 is 24.2 Å². The lowest BCUT2D eigenvalue weighted by atomic mass is 9.68. The zero-order chi connectivity index (χ0) is 23.9. The first-order chi connectivity index (χ1) is 15.8. The molecule has 0 spiro atoms. The van der Waals surface area contributed by atoms with Crippen LogP contribution in [0, 0.1) is 0 Å². The first kappa shape index (κ1) is 24.6. The van der Waals surface area contributed by atoms with Crippen molar-refractivity contribution in [3.05, 3.63) is 65.7 Å². The van der Waals surface area contributed by atoms with Crippen molar-refractivity contribution in [1.29, 1.82) is 0 Å². The lowest BCUT2D eigenvalue weighted by Gasteiger charge is -2.40. The first-order valence-corrected chi connectivity index (χ1v) is 11.3. The summed E-state index contributed by atoms with van der Waals surface area (Å²) in [5, 5.41) is 15.2. The van der Waals surface area contributed by atoms with Gasteiger partial charge >= 0.3 is 6.09 Å². The third-order valence-electron chi connectivity index (χ3n) is 6.32. The van der Waals surface area contributed by atoms with Gasteiger partial charge in [0.05, 0.1) is 24.8 Å². The zero-order valence-corrected chi connectivity index (χ0v) is 19.6. The minimum absolute atomic E-state index is 0.171. The molecule has 3 N–H and O–H groups in total. The van der Waals surface area contributed by atoms with E-state index < -0.39 is 11.6 Å². The van der Waals surface area contributed by atoms with Gasteiger partial charge in [0, 0.05) is 12.0 Å². The van der Waals surface area contributed by atoms with Crippen LogP contribution in [-0.2, 0) is 10.2 Å². The molecule has 7 heteroatoms. The Hall–Kier alpha value is -3.06. The molecule has 2 aromatic carbocycles. The smallest absolute Gasteiger partial charge is 0.407 e. The maximum Gasteiger partial charge on any atom is 0.407 e. The number of benzene rings is 2. The van der Waals surface area contributed by atoms with E-state index in [-0.39, 0.29) is 24.0 Å². The van der Waals surface area contributed by atoms with Crippen molar-refractivity contribution in [3.8, 4) is 5.75 Å².